The van der Waals surface area contributed by atoms with Crippen LogP contribution in [0, 0.1) is 22.9 Å². The average Bonchev–Trinajstić information content (AvgIpc) is 2.19. The second kappa shape index (κ2) is 5.21. The van der Waals surface area contributed by atoms with Crippen LogP contribution in [-0.2, 0) is 4.79 Å². The zero-order valence-corrected chi connectivity index (χ0v) is 10.9. The van der Waals surface area contributed by atoms with Crippen molar-refractivity contribution < 1.29 is 19.2 Å². The van der Waals surface area contributed by atoms with Crippen molar-refractivity contribution in [1.29, 1.82) is 0 Å². The van der Waals surface area contributed by atoms with E-state index in [4.69, 9.17) is 5.11 Å². The fourth-order valence-electron chi connectivity index (χ4n) is 1.71. The summed E-state index contributed by atoms with van der Waals surface area (Å²) in [6, 6.07) is 2.13. The number of benzene rings is 1. The lowest BCUT2D eigenvalue weighted by atomic mass is 9.99. The third kappa shape index (κ3) is 3.90. The van der Waals surface area contributed by atoms with E-state index in [0.29, 0.717) is 0 Å². The average molecular weight is 270 g/mol. The van der Waals surface area contributed by atoms with Crippen LogP contribution in [0.5, 0.6) is 0 Å². The van der Waals surface area contributed by atoms with Crippen LogP contribution in [0.1, 0.15) is 25.8 Å². The molecule has 1 rings (SSSR count). The minimum Gasteiger partial charge on any atom is -0.481 e. The number of nitro benzene ring substituents is 1. The molecule has 0 atom stereocenters. The van der Waals surface area contributed by atoms with Crippen molar-refractivity contribution in [3.05, 3.63) is 33.6 Å². The molecule has 2 N–H and O–H groups in total. The van der Waals surface area contributed by atoms with Crippen LogP contribution in [0.2, 0.25) is 0 Å². The van der Waals surface area contributed by atoms with Crippen LogP contribution < -0.4 is 5.32 Å². The van der Waals surface area contributed by atoms with Crippen LogP contribution in [0.15, 0.2) is 12.1 Å². The van der Waals surface area contributed by atoms with Crippen molar-refractivity contribution in [1.82, 2.24) is 0 Å². The number of rotatable bonds is 5. The normalized spacial score (nSPS) is 11.2. The molecule has 1 aromatic carbocycles. The van der Waals surface area contributed by atoms with E-state index in [9.17, 15) is 19.3 Å². The summed E-state index contributed by atoms with van der Waals surface area (Å²) in [4.78, 5) is 20.9. The van der Waals surface area contributed by atoms with Gasteiger partial charge in [0, 0.05) is 5.54 Å². The smallest absolute Gasteiger partial charge is 0.305 e. The number of carboxylic acids is 1. The number of hydrogen-bond acceptors (Lipinski definition) is 4. The Morgan fingerprint density at radius 1 is 1.53 bits per heavy atom. The highest BCUT2D eigenvalue weighted by atomic mass is 19.1. The zero-order chi connectivity index (χ0) is 14.8. The lowest BCUT2D eigenvalue weighted by molar-refractivity contribution is -0.384. The maximum atomic E-state index is 13.3. The molecule has 0 aliphatic rings. The van der Waals surface area contributed by atoms with Crippen molar-refractivity contribution in [3.8, 4) is 0 Å². The van der Waals surface area contributed by atoms with Gasteiger partial charge in [0.05, 0.1) is 17.4 Å². The second-order valence-corrected chi connectivity index (χ2v) is 4.96. The van der Waals surface area contributed by atoms with E-state index in [1.807, 2.05) is 0 Å². The SMILES string of the molecule is Cc1cc(NC(C)(C)CC(=O)O)c([N+](=O)[O-])cc1F. The summed E-state index contributed by atoms with van der Waals surface area (Å²) in [5.41, 5.74) is -0.947. The molecule has 0 spiro atoms. The number of halogens is 1. The van der Waals surface area contributed by atoms with E-state index in [1.54, 1.807) is 13.8 Å². The van der Waals surface area contributed by atoms with Gasteiger partial charge in [-0.1, -0.05) is 0 Å². The number of nitrogens with zero attached hydrogens (tertiary/aromatic N) is 1. The molecule has 0 amide bonds. The van der Waals surface area contributed by atoms with Gasteiger partial charge in [-0.2, -0.15) is 0 Å². The van der Waals surface area contributed by atoms with E-state index in [2.05, 4.69) is 5.32 Å². The molecule has 0 fully saturated rings. The highest BCUT2D eigenvalue weighted by Crippen LogP contribution is 2.30. The molecule has 0 aliphatic heterocycles. The van der Waals surface area contributed by atoms with E-state index >= 15 is 0 Å². The number of nitro groups is 1. The molecule has 7 heteroatoms. The van der Waals surface area contributed by atoms with Gasteiger partial charge in [-0.3, -0.25) is 14.9 Å². The third-order valence-electron chi connectivity index (χ3n) is 2.54. The van der Waals surface area contributed by atoms with E-state index in [1.165, 1.54) is 13.0 Å². The number of nitrogens with one attached hydrogen (secondary N) is 1. The van der Waals surface area contributed by atoms with Crippen molar-refractivity contribution in [2.24, 2.45) is 0 Å². The van der Waals surface area contributed by atoms with Crippen LogP contribution >= 0.6 is 0 Å². The van der Waals surface area contributed by atoms with Gasteiger partial charge < -0.3 is 10.4 Å². The molecule has 0 radical (unpaired) electrons. The first kappa shape index (κ1) is 14.9. The first-order chi connectivity index (χ1) is 8.62. The van der Waals surface area contributed by atoms with Crippen molar-refractivity contribution in [2.75, 3.05) is 5.32 Å². The molecule has 0 heterocycles. The number of hydrogen-bond donors (Lipinski definition) is 2. The molecule has 0 saturated carbocycles. The molecule has 0 aromatic heterocycles. The van der Waals surface area contributed by atoms with Crippen LogP contribution in [-0.4, -0.2) is 21.5 Å². The Morgan fingerprint density at radius 2 is 2.11 bits per heavy atom. The fraction of sp³-hybridized carbons (Fsp3) is 0.417. The van der Waals surface area contributed by atoms with E-state index in [-0.39, 0.29) is 17.7 Å². The number of anilines is 1. The Hall–Kier alpha value is -2.18. The quantitative estimate of drug-likeness (QED) is 0.634. The van der Waals surface area contributed by atoms with E-state index < -0.39 is 27.9 Å². The highest BCUT2D eigenvalue weighted by Gasteiger charge is 2.26. The minimum atomic E-state index is -1.03. The predicted molar refractivity (Wildman–Crippen MR) is 67.7 cm³/mol. The Labute approximate surface area is 109 Å². The fourth-order valence-corrected chi connectivity index (χ4v) is 1.71. The summed E-state index contributed by atoms with van der Waals surface area (Å²) in [5, 5.41) is 22.4. The van der Waals surface area contributed by atoms with Gasteiger partial charge in [0.15, 0.2) is 0 Å². The van der Waals surface area contributed by atoms with Gasteiger partial charge in [-0.25, -0.2) is 4.39 Å². The Morgan fingerprint density at radius 3 is 2.58 bits per heavy atom. The van der Waals surface area contributed by atoms with Gasteiger partial charge in [0.25, 0.3) is 5.69 Å². The Kier molecular flexibility index (Phi) is 4.08. The second-order valence-electron chi connectivity index (χ2n) is 4.96. The maximum absolute atomic E-state index is 13.3. The highest BCUT2D eigenvalue weighted by molar-refractivity contribution is 5.71. The van der Waals surface area contributed by atoms with Crippen LogP contribution in [0.3, 0.4) is 0 Å². The first-order valence-electron chi connectivity index (χ1n) is 5.57. The number of aliphatic carboxylic acids is 1. The predicted octanol–water partition coefficient (Wildman–Crippen LogP) is 2.71. The van der Waals surface area contributed by atoms with Gasteiger partial charge in [-0.15, -0.1) is 0 Å². The van der Waals surface area contributed by atoms with Crippen molar-refractivity contribution in [2.45, 2.75) is 32.7 Å². The van der Waals surface area contributed by atoms with Crippen LogP contribution in [0.25, 0.3) is 0 Å². The Bertz CT molecular complexity index is 529. The molecule has 1 aromatic rings. The van der Waals surface area contributed by atoms with E-state index in [0.717, 1.165) is 6.07 Å². The first-order valence-corrected chi connectivity index (χ1v) is 5.57. The third-order valence-corrected chi connectivity index (χ3v) is 2.54. The number of aryl methyl sites for hydroxylation is 1. The van der Waals surface area contributed by atoms with Gasteiger partial charge >= 0.3 is 5.97 Å². The zero-order valence-electron chi connectivity index (χ0n) is 10.9. The summed E-state index contributed by atoms with van der Waals surface area (Å²) < 4.78 is 13.3. The summed E-state index contributed by atoms with van der Waals surface area (Å²) in [7, 11) is 0. The molecule has 0 unspecified atom stereocenters. The van der Waals surface area contributed by atoms with Crippen molar-refractivity contribution >= 4 is 17.3 Å². The molecule has 6 nitrogen and oxygen atoms in total. The summed E-state index contributed by atoms with van der Waals surface area (Å²) in [6.45, 7) is 4.68. The lowest BCUT2D eigenvalue weighted by Gasteiger charge is -2.25. The molecular formula is C12H15FN2O4. The molecular weight excluding hydrogens is 255 g/mol. The number of carboxylic acid groups (broad SMARTS) is 1. The lowest BCUT2D eigenvalue weighted by Crippen LogP contribution is -2.33. The summed E-state index contributed by atoms with van der Waals surface area (Å²) >= 11 is 0. The maximum Gasteiger partial charge on any atom is 0.305 e. The van der Waals surface area contributed by atoms with Crippen molar-refractivity contribution in [3.63, 3.8) is 0 Å². The van der Waals surface area contributed by atoms with Gasteiger partial charge in [-0.05, 0) is 32.4 Å². The molecule has 0 aliphatic carbocycles. The molecule has 0 saturated heterocycles. The monoisotopic (exact) mass is 270 g/mol. The summed E-state index contributed by atoms with van der Waals surface area (Å²) in [5.74, 6) is -1.70. The molecule has 104 valence electrons. The molecule has 19 heavy (non-hydrogen) atoms. The summed E-state index contributed by atoms with van der Waals surface area (Å²) in [6.07, 6.45) is -0.222. The Balaban J connectivity index is 3.16. The van der Waals surface area contributed by atoms with Gasteiger partial charge in [0.1, 0.15) is 11.5 Å². The van der Waals surface area contributed by atoms with Crippen LogP contribution in [0.4, 0.5) is 15.8 Å². The molecule has 0 bridgehead atoms. The van der Waals surface area contributed by atoms with Gasteiger partial charge in [0.2, 0.25) is 0 Å². The number of carbonyl (C=O) groups is 1. The standard InChI is InChI=1S/C12H15FN2O4/c1-7-4-9(10(15(18)19)5-8(7)13)14-12(2,3)6-11(16)17/h4-5,14H,6H2,1-3H3,(H,16,17). The minimum absolute atomic E-state index is 0.107. The topological polar surface area (TPSA) is 92.5 Å². The largest absolute Gasteiger partial charge is 0.481 e.